The van der Waals surface area contributed by atoms with Gasteiger partial charge in [-0.2, -0.15) is 0 Å². The van der Waals surface area contributed by atoms with Crippen LogP contribution in [0, 0.1) is 5.82 Å². The Labute approximate surface area is 176 Å². The molecule has 5 amide bonds. The Kier molecular flexibility index (Phi) is 5.33. The van der Waals surface area contributed by atoms with Gasteiger partial charge >= 0.3 is 0 Å². The van der Waals surface area contributed by atoms with E-state index in [4.69, 9.17) is 0 Å². The van der Waals surface area contributed by atoms with Crippen LogP contribution in [0.15, 0.2) is 42.5 Å². The van der Waals surface area contributed by atoms with Crippen LogP contribution >= 0.6 is 0 Å². The summed E-state index contributed by atoms with van der Waals surface area (Å²) in [7, 11) is 0. The summed E-state index contributed by atoms with van der Waals surface area (Å²) in [5.74, 6) is -3.19. The predicted molar refractivity (Wildman–Crippen MR) is 105 cm³/mol. The standard InChI is InChI=1S/C22H18FN3O5/c23-14-5-1-3-12(9-14)10-18(28)24-11-13-4-2-6-15-19(13)22(31)26(21(15)30)16-7-8-17(27)25-20(16)29/h1-6,9,16H,7-8,10-11H2,(H,24,28)(H,25,27,29). The summed E-state index contributed by atoms with van der Waals surface area (Å²) < 4.78 is 13.3. The van der Waals surface area contributed by atoms with Crippen molar-refractivity contribution < 1.29 is 28.4 Å². The van der Waals surface area contributed by atoms with Crippen LogP contribution in [0.2, 0.25) is 0 Å². The highest BCUT2D eigenvalue weighted by Crippen LogP contribution is 2.29. The third-order valence-electron chi connectivity index (χ3n) is 5.28. The molecule has 31 heavy (non-hydrogen) atoms. The number of fused-ring (bicyclic) bond motifs is 1. The number of hydrogen-bond donors (Lipinski definition) is 2. The van der Waals surface area contributed by atoms with Crippen LogP contribution in [0.5, 0.6) is 0 Å². The van der Waals surface area contributed by atoms with Crippen molar-refractivity contribution in [2.75, 3.05) is 0 Å². The molecule has 158 valence electrons. The molecule has 8 nitrogen and oxygen atoms in total. The summed E-state index contributed by atoms with van der Waals surface area (Å²) in [6.45, 7) is -0.0144. The molecule has 1 unspecified atom stereocenters. The van der Waals surface area contributed by atoms with E-state index in [2.05, 4.69) is 10.6 Å². The van der Waals surface area contributed by atoms with E-state index in [0.717, 1.165) is 4.90 Å². The Morgan fingerprint density at radius 2 is 1.87 bits per heavy atom. The molecule has 1 saturated heterocycles. The van der Waals surface area contributed by atoms with Gasteiger partial charge in [-0.1, -0.05) is 24.3 Å². The molecule has 2 aromatic rings. The summed E-state index contributed by atoms with van der Waals surface area (Å²) in [5, 5.41) is 4.82. The largest absolute Gasteiger partial charge is 0.352 e. The molecular weight excluding hydrogens is 405 g/mol. The van der Waals surface area contributed by atoms with Crippen molar-refractivity contribution in [1.82, 2.24) is 15.5 Å². The monoisotopic (exact) mass is 423 g/mol. The molecular formula is C22H18FN3O5. The zero-order valence-corrected chi connectivity index (χ0v) is 16.3. The molecule has 2 aromatic carbocycles. The lowest BCUT2D eigenvalue weighted by atomic mass is 10.0. The first kappa shape index (κ1) is 20.4. The van der Waals surface area contributed by atoms with Gasteiger partial charge in [0.05, 0.1) is 17.5 Å². The van der Waals surface area contributed by atoms with Gasteiger partial charge in [-0.25, -0.2) is 4.39 Å². The van der Waals surface area contributed by atoms with Gasteiger partial charge < -0.3 is 5.32 Å². The van der Waals surface area contributed by atoms with Crippen molar-refractivity contribution in [3.05, 3.63) is 70.5 Å². The number of nitrogens with zero attached hydrogens (tertiary/aromatic N) is 1. The predicted octanol–water partition coefficient (Wildman–Crippen LogP) is 1.09. The number of carbonyl (C=O) groups excluding carboxylic acids is 5. The summed E-state index contributed by atoms with van der Waals surface area (Å²) in [5.41, 5.74) is 1.21. The molecule has 0 aliphatic carbocycles. The molecule has 0 aromatic heterocycles. The van der Waals surface area contributed by atoms with Crippen molar-refractivity contribution in [2.24, 2.45) is 0 Å². The lowest BCUT2D eigenvalue weighted by Gasteiger charge is -2.27. The van der Waals surface area contributed by atoms with Gasteiger partial charge in [0.1, 0.15) is 11.9 Å². The fourth-order valence-electron chi connectivity index (χ4n) is 3.82. The Morgan fingerprint density at radius 3 is 2.61 bits per heavy atom. The van der Waals surface area contributed by atoms with E-state index in [0.29, 0.717) is 11.1 Å². The van der Waals surface area contributed by atoms with E-state index < -0.39 is 35.5 Å². The van der Waals surface area contributed by atoms with Gasteiger partial charge in [-0.3, -0.25) is 34.2 Å². The number of hydrogen-bond acceptors (Lipinski definition) is 5. The zero-order valence-electron chi connectivity index (χ0n) is 16.3. The van der Waals surface area contributed by atoms with Crippen LogP contribution in [-0.4, -0.2) is 40.5 Å². The normalized spacial score (nSPS) is 18.1. The third-order valence-corrected chi connectivity index (χ3v) is 5.28. The van der Waals surface area contributed by atoms with E-state index in [1.165, 1.54) is 24.3 Å². The molecule has 0 saturated carbocycles. The highest BCUT2D eigenvalue weighted by Gasteiger charge is 2.45. The Morgan fingerprint density at radius 1 is 1.10 bits per heavy atom. The van der Waals surface area contributed by atoms with Crippen LogP contribution in [0.4, 0.5) is 4.39 Å². The number of benzene rings is 2. The molecule has 1 atom stereocenters. The van der Waals surface area contributed by atoms with Crippen LogP contribution in [0.1, 0.15) is 44.7 Å². The maximum Gasteiger partial charge on any atom is 0.262 e. The Balaban J connectivity index is 1.50. The van der Waals surface area contributed by atoms with E-state index in [-0.39, 0.29) is 42.8 Å². The van der Waals surface area contributed by atoms with Gasteiger partial charge in [0.2, 0.25) is 17.7 Å². The lowest BCUT2D eigenvalue weighted by molar-refractivity contribution is -0.136. The van der Waals surface area contributed by atoms with E-state index in [1.54, 1.807) is 18.2 Å². The molecule has 0 spiro atoms. The van der Waals surface area contributed by atoms with Crippen LogP contribution in [0.3, 0.4) is 0 Å². The van der Waals surface area contributed by atoms with Crippen LogP contribution < -0.4 is 10.6 Å². The number of rotatable bonds is 5. The summed E-state index contributed by atoms with van der Waals surface area (Å²) >= 11 is 0. The summed E-state index contributed by atoms with van der Waals surface area (Å²) in [6, 6.07) is 9.32. The van der Waals surface area contributed by atoms with E-state index in [9.17, 15) is 28.4 Å². The number of imide groups is 2. The maximum absolute atomic E-state index is 13.3. The minimum Gasteiger partial charge on any atom is -0.352 e. The minimum absolute atomic E-state index is 0.0144. The van der Waals surface area contributed by atoms with Crippen molar-refractivity contribution >= 4 is 29.5 Å². The quantitative estimate of drug-likeness (QED) is 0.699. The number of piperidine rings is 1. The van der Waals surface area contributed by atoms with Crippen molar-refractivity contribution in [1.29, 1.82) is 0 Å². The summed E-state index contributed by atoms with van der Waals surface area (Å²) in [4.78, 5) is 62.5. The third kappa shape index (κ3) is 3.94. The lowest BCUT2D eigenvalue weighted by Crippen LogP contribution is -2.54. The van der Waals surface area contributed by atoms with Crippen LogP contribution in [-0.2, 0) is 27.3 Å². The Bertz CT molecular complexity index is 1130. The fraction of sp³-hybridized carbons (Fsp3) is 0.227. The minimum atomic E-state index is -1.06. The van der Waals surface area contributed by atoms with Gasteiger partial charge in [0.25, 0.3) is 11.8 Å². The number of nitrogens with one attached hydrogen (secondary N) is 2. The van der Waals surface area contributed by atoms with Gasteiger partial charge in [-0.15, -0.1) is 0 Å². The topological polar surface area (TPSA) is 113 Å². The summed E-state index contributed by atoms with van der Waals surface area (Å²) in [6.07, 6.45) is 0.0602. The average molecular weight is 423 g/mol. The van der Waals surface area contributed by atoms with Crippen molar-refractivity contribution in [3.8, 4) is 0 Å². The highest BCUT2D eigenvalue weighted by atomic mass is 19.1. The molecule has 2 N–H and O–H groups in total. The second-order valence-electron chi connectivity index (χ2n) is 7.37. The first-order chi connectivity index (χ1) is 14.8. The highest BCUT2D eigenvalue weighted by molar-refractivity contribution is 6.24. The van der Waals surface area contributed by atoms with Crippen molar-refractivity contribution in [2.45, 2.75) is 31.8 Å². The zero-order chi connectivity index (χ0) is 22.1. The van der Waals surface area contributed by atoms with Gasteiger partial charge in [0, 0.05) is 13.0 Å². The van der Waals surface area contributed by atoms with Crippen molar-refractivity contribution in [3.63, 3.8) is 0 Å². The fourth-order valence-corrected chi connectivity index (χ4v) is 3.82. The molecule has 1 fully saturated rings. The maximum atomic E-state index is 13.3. The molecule has 9 heteroatoms. The Hall–Kier alpha value is -3.88. The number of halogens is 1. The molecule has 2 aliphatic heterocycles. The second kappa shape index (κ2) is 8.10. The molecule has 4 rings (SSSR count). The van der Waals surface area contributed by atoms with E-state index >= 15 is 0 Å². The number of carbonyl (C=O) groups is 5. The number of amides is 5. The smallest absolute Gasteiger partial charge is 0.262 e. The average Bonchev–Trinajstić information content (AvgIpc) is 2.98. The molecule has 0 radical (unpaired) electrons. The SMILES string of the molecule is O=C(Cc1cccc(F)c1)NCc1cccc2c1C(=O)N(C1CCC(=O)NC1=O)C2=O. The van der Waals surface area contributed by atoms with Gasteiger partial charge in [-0.05, 0) is 35.7 Å². The molecule has 0 bridgehead atoms. The molecule has 2 aliphatic rings. The first-order valence-electron chi connectivity index (χ1n) is 9.70. The van der Waals surface area contributed by atoms with E-state index in [1.807, 2.05) is 0 Å². The van der Waals surface area contributed by atoms with Gasteiger partial charge in [0.15, 0.2) is 0 Å². The molecule has 2 heterocycles. The van der Waals surface area contributed by atoms with Crippen LogP contribution in [0.25, 0.3) is 0 Å². The second-order valence-corrected chi connectivity index (χ2v) is 7.37. The first-order valence-corrected chi connectivity index (χ1v) is 9.70.